The summed E-state index contributed by atoms with van der Waals surface area (Å²) in [5.74, 6) is 1.34. The fourth-order valence-corrected chi connectivity index (χ4v) is 4.99. The van der Waals surface area contributed by atoms with Crippen molar-refractivity contribution in [2.75, 3.05) is 7.11 Å². The van der Waals surface area contributed by atoms with Gasteiger partial charge in [-0.15, -0.1) is 0 Å². The average Bonchev–Trinajstić information content (AvgIpc) is 2.48. The van der Waals surface area contributed by atoms with Gasteiger partial charge in [-0.25, -0.2) is 13.1 Å². The van der Waals surface area contributed by atoms with Crippen molar-refractivity contribution >= 4 is 10.0 Å². The number of methoxy groups -OCH3 is 1. The van der Waals surface area contributed by atoms with Crippen molar-refractivity contribution in [3.05, 3.63) is 23.3 Å². The third kappa shape index (κ3) is 4.07. The van der Waals surface area contributed by atoms with Gasteiger partial charge in [0.2, 0.25) is 10.0 Å². The van der Waals surface area contributed by atoms with E-state index in [0.717, 1.165) is 36.1 Å². The van der Waals surface area contributed by atoms with Crippen molar-refractivity contribution in [2.24, 2.45) is 5.92 Å². The zero-order valence-electron chi connectivity index (χ0n) is 14.8. The summed E-state index contributed by atoms with van der Waals surface area (Å²) < 4.78 is 34.1. The van der Waals surface area contributed by atoms with E-state index in [0.29, 0.717) is 10.8 Å². The lowest BCUT2D eigenvalue weighted by Gasteiger charge is -2.29. The van der Waals surface area contributed by atoms with Gasteiger partial charge in [-0.2, -0.15) is 0 Å². The van der Waals surface area contributed by atoms with Crippen LogP contribution in [0.3, 0.4) is 0 Å². The molecule has 0 unspecified atom stereocenters. The molecule has 2 rings (SSSR count). The topological polar surface area (TPSA) is 55.4 Å². The number of nitrogens with one attached hydrogen (secondary N) is 1. The second kappa shape index (κ2) is 7.22. The van der Waals surface area contributed by atoms with Gasteiger partial charge >= 0.3 is 0 Å². The van der Waals surface area contributed by atoms with Crippen LogP contribution >= 0.6 is 0 Å². The Kier molecular flexibility index (Phi) is 5.74. The zero-order chi connectivity index (χ0) is 17.2. The third-order valence-electron chi connectivity index (χ3n) is 4.86. The summed E-state index contributed by atoms with van der Waals surface area (Å²) >= 11 is 0. The average molecular weight is 340 g/mol. The molecule has 1 saturated carbocycles. The van der Waals surface area contributed by atoms with Crippen LogP contribution in [0.2, 0.25) is 0 Å². The Morgan fingerprint density at radius 3 is 2.43 bits per heavy atom. The highest BCUT2D eigenvalue weighted by atomic mass is 32.2. The lowest BCUT2D eigenvalue weighted by molar-refractivity contribution is 0.310. The van der Waals surface area contributed by atoms with Crippen LogP contribution in [0.5, 0.6) is 5.75 Å². The quantitative estimate of drug-likeness (QED) is 0.882. The second-order valence-electron chi connectivity index (χ2n) is 7.00. The summed E-state index contributed by atoms with van der Waals surface area (Å²) in [5.41, 5.74) is 1.65. The standard InChI is InChI=1S/C18H29NO3S/c1-12(2)15-11-18(14(4)10-17(15)22-5)23(20,21)19-16-9-7-6-8-13(16)3/h10-13,16,19H,6-9H2,1-5H3/t13-,16-/m1/s1. The van der Waals surface area contributed by atoms with Crippen LogP contribution in [-0.2, 0) is 10.0 Å². The maximum atomic E-state index is 12.9. The van der Waals surface area contributed by atoms with Gasteiger partial charge in [0, 0.05) is 6.04 Å². The van der Waals surface area contributed by atoms with Gasteiger partial charge in [0.05, 0.1) is 12.0 Å². The first kappa shape index (κ1) is 18.3. The minimum atomic E-state index is -3.51. The first-order valence-electron chi connectivity index (χ1n) is 8.47. The van der Waals surface area contributed by atoms with Crippen LogP contribution in [0.4, 0.5) is 0 Å². The van der Waals surface area contributed by atoms with E-state index in [4.69, 9.17) is 4.74 Å². The Labute approximate surface area is 140 Å². The van der Waals surface area contributed by atoms with Crippen LogP contribution in [0, 0.1) is 12.8 Å². The van der Waals surface area contributed by atoms with Crippen LogP contribution in [0.15, 0.2) is 17.0 Å². The molecule has 0 heterocycles. The molecule has 0 aromatic heterocycles. The van der Waals surface area contributed by atoms with Gasteiger partial charge in [-0.1, -0.05) is 33.6 Å². The molecular weight excluding hydrogens is 310 g/mol. The van der Waals surface area contributed by atoms with E-state index in [9.17, 15) is 8.42 Å². The van der Waals surface area contributed by atoms with Crippen molar-refractivity contribution in [1.82, 2.24) is 4.72 Å². The molecule has 1 aliphatic rings. The molecule has 1 aromatic carbocycles. The molecule has 0 bridgehead atoms. The number of benzene rings is 1. The predicted molar refractivity (Wildman–Crippen MR) is 93.6 cm³/mol. The van der Waals surface area contributed by atoms with Gasteiger partial charge in [0.25, 0.3) is 0 Å². The van der Waals surface area contributed by atoms with E-state index in [2.05, 4.69) is 11.6 Å². The molecule has 1 N–H and O–H groups in total. The Hall–Kier alpha value is -1.07. The Morgan fingerprint density at radius 1 is 1.22 bits per heavy atom. The minimum Gasteiger partial charge on any atom is -0.496 e. The summed E-state index contributed by atoms with van der Waals surface area (Å²) in [6, 6.07) is 3.64. The van der Waals surface area contributed by atoms with Crippen molar-refractivity contribution in [2.45, 2.75) is 70.2 Å². The Bertz CT molecular complexity index is 652. The zero-order valence-corrected chi connectivity index (χ0v) is 15.7. The first-order chi connectivity index (χ1) is 10.8. The third-order valence-corrected chi connectivity index (χ3v) is 6.49. The minimum absolute atomic E-state index is 0.0396. The predicted octanol–water partition coefficient (Wildman–Crippen LogP) is 3.98. The molecule has 0 aliphatic heterocycles. The second-order valence-corrected chi connectivity index (χ2v) is 8.69. The molecule has 2 atom stereocenters. The number of rotatable bonds is 5. The van der Waals surface area contributed by atoms with Gasteiger partial charge in [0.15, 0.2) is 0 Å². The number of hydrogen-bond donors (Lipinski definition) is 1. The molecule has 23 heavy (non-hydrogen) atoms. The highest BCUT2D eigenvalue weighted by Gasteiger charge is 2.28. The van der Waals surface area contributed by atoms with Crippen LogP contribution in [0.25, 0.3) is 0 Å². The fourth-order valence-electron chi connectivity index (χ4n) is 3.35. The van der Waals surface area contributed by atoms with E-state index in [1.807, 2.05) is 26.8 Å². The maximum absolute atomic E-state index is 12.9. The van der Waals surface area contributed by atoms with Crippen molar-refractivity contribution in [1.29, 1.82) is 0 Å². The van der Waals surface area contributed by atoms with E-state index in [1.54, 1.807) is 13.2 Å². The molecule has 0 radical (unpaired) electrons. The normalized spacial score (nSPS) is 22.3. The van der Waals surface area contributed by atoms with Crippen molar-refractivity contribution in [3.8, 4) is 5.75 Å². The largest absolute Gasteiger partial charge is 0.496 e. The van der Waals surface area contributed by atoms with Gasteiger partial charge in [0.1, 0.15) is 5.75 Å². The smallest absolute Gasteiger partial charge is 0.241 e. The monoisotopic (exact) mass is 339 g/mol. The Balaban J connectivity index is 2.37. The van der Waals surface area contributed by atoms with Gasteiger partial charge in [-0.3, -0.25) is 0 Å². The number of aryl methyl sites for hydroxylation is 1. The maximum Gasteiger partial charge on any atom is 0.241 e. The number of hydrogen-bond acceptors (Lipinski definition) is 3. The SMILES string of the molecule is COc1cc(C)c(S(=O)(=O)N[C@@H]2CCCC[C@H]2C)cc1C(C)C. The van der Waals surface area contributed by atoms with E-state index in [-0.39, 0.29) is 12.0 Å². The highest BCUT2D eigenvalue weighted by Crippen LogP contribution is 2.32. The summed E-state index contributed by atoms with van der Waals surface area (Å²) in [6.07, 6.45) is 4.30. The van der Waals surface area contributed by atoms with E-state index in [1.165, 1.54) is 6.42 Å². The number of ether oxygens (including phenoxy) is 1. The molecule has 1 aliphatic carbocycles. The lowest BCUT2D eigenvalue weighted by atomic mass is 9.87. The molecule has 0 amide bonds. The molecule has 5 heteroatoms. The van der Waals surface area contributed by atoms with Crippen molar-refractivity contribution < 1.29 is 13.2 Å². The van der Waals surface area contributed by atoms with Gasteiger partial charge in [-0.05, 0) is 54.9 Å². The van der Waals surface area contributed by atoms with Gasteiger partial charge < -0.3 is 4.74 Å². The molecule has 1 aromatic rings. The fraction of sp³-hybridized carbons (Fsp3) is 0.667. The molecule has 130 valence electrons. The van der Waals surface area contributed by atoms with E-state index < -0.39 is 10.0 Å². The highest BCUT2D eigenvalue weighted by molar-refractivity contribution is 7.89. The van der Waals surface area contributed by atoms with Crippen LogP contribution in [0.1, 0.15) is 63.5 Å². The summed E-state index contributed by atoms with van der Waals surface area (Å²) in [6.45, 7) is 8.04. The van der Waals surface area contributed by atoms with E-state index >= 15 is 0 Å². The van der Waals surface area contributed by atoms with Crippen molar-refractivity contribution in [3.63, 3.8) is 0 Å². The summed E-state index contributed by atoms with van der Waals surface area (Å²) in [5, 5.41) is 0. The summed E-state index contributed by atoms with van der Waals surface area (Å²) in [4.78, 5) is 0.375. The molecular formula is C18H29NO3S. The Morgan fingerprint density at radius 2 is 1.87 bits per heavy atom. The molecule has 0 saturated heterocycles. The van der Waals surface area contributed by atoms with Crippen LogP contribution < -0.4 is 9.46 Å². The first-order valence-corrected chi connectivity index (χ1v) is 9.95. The number of sulfonamides is 1. The summed E-state index contributed by atoms with van der Waals surface area (Å²) in [7, 11) is -1.89. The molecule has 0 spiro atoms. The van der Waals surface area contributed by atoms with Crippen LogP contribution in [-0.4, -0.2) is 21.6 Å². The molecule has 4 nitrogen and oxygen atoms in total. The molecule has 1 fully saturated rings. The lowest BCUT2D eigenvalue weighted by Crippen LogP contribution is -2.41.